The van der Waals surface area contributed by atoms with Gasteiger partial charge in [-0.15, -0.1) is 5.10 Å². The number of nitrogens with one attached hydrogen (secondary N) is 1. The van der Waals surface area contributed by atoms with Crippen LogP contribution in [0.4, 0.5) is 4.79 Å². The van der Waals surface area contributed by atoms with Crippen molar-refractivity contribution in [2.45, 2.75) is 52.0 Å². The van der Waals surface area contributed by atoms with Crippen LogP contribution in [0.2, 0.25) is 0 Å². The summed E-state index contributed by atoms with van der Waals surface area (Å²) in [6.45, 7) is 9.85. The molecule has 12 heteroatoms. The van der Waals surface area contributed by atoms with Gasteiger partial charge in [0.2, 0.25) is 11.8 Å². The summed E-state index contributed by atoms with van der Waals surface area (Å²) in [5, 5.41) is 17.9. The number of rotatable bonds is 2. The van der Waals surface area contributed by atoms with Gasteiger partial charge in [-0.05, 0) is 64.6 Å². The van der Waals surface area contributed by atoms with Crippen LogP contribution in [-0.2, 0) is 25.4 Å². The van der Waals surface area contributed by atoms with Crippen molar-refractivity contribution in [2.24, 2.45) is 14.1 Å². The van der Waals surface area contributed by atoms with E-state index in [4.69, 9.17) is 19.3 Å². The van der Waals surface area contributed by atoms with Crippen molar-refractivity contribution in [3.05, 3.63) is 41.3 Å². The van der Waals surface area contributed by atoms with Gasteiger partial charge in [0.25, 0.3) is 0 Å². The number of likely N-dealkylation sites (tertiary alicyclic amines) is 1. The largest absolute Gasteiger partial charge is 0.473 e. The summed E-state index contributed by atoms with van der Waals surface area (Å²) in [5.41, 5.74) is 5.00. The van der Waals surface area contributed by atoms with Crippen LogP contribution in [-0.4, -0.2) is 90.1 Å². The fraction of sp³-hybridized carbons (Fsp3) is 0.467. The maximum atomic E-state index is 12.4. The zero-order valence-electron chi connectivity index (χ0n) is 25.2. The number of aromatic nitrogens is 6. The molecule has 5 heterocycles. The predicted molar refractivity (Wildman–Crippen MR) is 159 cm³/mol. The number of nitrogens with zero attached hydrogens (tertiary/aromatic N) is 7. The zero-order chi connectivity index (χ0) is 29.8. The Morgan fingerprint density at radius 2 is 1.88 bits per heavy atom. The van der Waals surface area contributed by atoms with Gasteiger partial charge in [0, 0.05) is 32.6 Å². The molecule has 1 saturated heterocycles. The van der Waals surface area contributed by atoms with Crippen LogP contribution < -0.4 is 9.47 Å². The molecule has 6 rings (SSSR count). The summed E-state index contributed by atoms with van der Waals surface area (Å²) in [4.78, 5) is 16.3. The summed E-state index contributed by atoms with van der Waals surface area (Å²) < 4.78 is 21.9. The highest BCUT2D eigenvalue weighted by Crippen LogP contribution is 2.34. The third-order valence-corrected chi connectivity index (χ3v) is 7.45. The van der Waals surface area contributed by atoms with Gasteiger partial charge in [0.05, 0.1) is 47.3 Å². The molecule has 0 spiro atoms. The van der Waals surface area contributed by atoms with Crippen molar-refractivity contribution in [1.82, 2.24) is 39.6 Å². The average molecular weight is 575 g/mol. The topological polar surface area (TPSA) is 116 Å². The van der Waals surface area contributed by atoms with E-state index in [1.807, 2.05) is 64.0 Å². The smallest absolute Gasteiger partial charge is 0.410 e. The van der Waals surface area contributed by atoms with Gasteiger partial charge < -0.3 is 19.1 Å². The summed E-state index contributed by atoms with van der Waals surface area (Å²) in [7, 11) is 5.88. The minimum absolute atomic E-state index is 0.0979. The second kappa shape index (κ2) is 10.5. The highest BCUT2D eigenvalue weighted by molar-refractivity contribution is 5.93. The first-order chi connectivity index (χ1) is 19.9. The Kier molecular flexibility index (Phi) is 6.96. The lowest BCUT2D eigenvalue weighted by Gasteiger charge is -2.39. The number of aryl methyl sites for hydroxylation is 2. The Balaban J connectivity index is 1.34. The lowest BCUT2D eigenvalue weighted by molar-refractivity contribution is -0.0233. The van der Waals surface area contributed by atoms with E-state index in [1.165, 1.54) is 0 Å². The van der Waals surface area contributed by atoms with Crippen molar-refractivity contribution in [3.63, 3.8) is 0 Å². The van der Waals surface area contributed by atoms with Crippen molar-refractivity contribution in [1.29, 1.82) is 0 Å². The van der Waals surface area contributed by atoms with Crippen LogP contribution >= 0.6 is 0 Å². The summed E-state index contributed by atoms with van der Waals surface area (Å²) in [5.74, 6) is 1.25. The van der Waals surface area contributed by atoms with Crippen molar-refractivity contribution < 1.29 is 19.0 Å². The van der Waals surface area contributed by atoms with Crippen molar-refractivity contribution >= 4 is 29.1 Å². The van der Waals surface area contributed by atoms with E-state index in [1.54, 1.807) is 9.58 Å². The number of carbonyl (C=O) groups is 1. The SMILES string of the molecule is C[C@H]1CN(C)Cc2c(c(OC3CN(C(=O)OC(C)(C)C)C3)nn2C)/C=C/c2n[nH]c3ccc(cc23)-c2cnn(C)c2O1. The molecule has 0 unspecified atom stereocenters. The molecule has 1 atom stereocenters. The molecule has 0 aliphatic carbocycles. The van der Waals surface area contributed by atoms with Gasteiger partial charge in [-0.25, -0.2) is 9.48 Å². The molecule has 0 radical (unpaired) electrons. The third-order valence-electron chi connectivity index (χ3n) is 7.45. The van der Waals surface area contributed by atoms with Crippen LogP contribution in [0.25, 0.3) is 34.2 Å². The molecule has 0 saturated carbocycles. The van der Waals surface area contributed by atoms with E-state index in [0.29, 0.717) is 32.1 Å². The third kappa shape index (κ3) is 5.46. The second-order valence-electron chi connectivity index (χ2n) is 12.2. The molecule has 2 aliphatic heterocycles. The molecule has 2 bridgehead atoms. The molecule has 4 aromatic rings. The molecular weight excluding hydrogens is 536 g/mol. The Hall–Kier alpha value is -4.32. The van der Waals surface area contributed by atoms with Crippen LogP contribution in [0.3, 0.4) is 0 Å². The number of hydrogen-bond acceptors (Lipinski definition) is 8. The minimum atomic E-state index is -0.540. The Labute approximate surface area is 244 Å². The van der Waals surface area contributed by atoms with E-state index in [0.717, 1.165) is 44.9 Å². The predicted octanol–water partition coefficient (Wildman–Crippen LogP) is 4.08. The average Bonchev–Trinajstić information content (AvgIpc) is 3.53. The fourth-order valence-electron chi connectivity index (χ4n) is 5.38. The van der Waals surface area contributed by atoms with Gasteiger partial charge in [-0.2, -0.15) is 10.2 Å². The van der Waals surface area contributed by atoms with E-state index < -0.39 is 5.60 Å². The maximum absolute atomic E-state index is 12.4. The van der Waals surface area contributed by atoms with Crippen LogP contribution in [0.15, 0.2) is 24.4 Å². The lowest BCUT2D eigenvalue weighted by Crippen LogP contribution is -2.57. The first-order valence-corrected chi connectivity index (χ1v) is 14.2. The molecule has 1 aromatic carbocycles. The maximum Gasteiger partial charge on any atom is 0.410 e. The van der Waals surface area contributed by atoms with Gasteiger partial charge in [-0.1, -0.05) is 6.07 Å². The first kappa shape index (κ1) is 27.8. The highest BCUT2D eigenvalue weighted by atomic mass is 16.6. The number of hydrogen-bond donors (Lipinski definition) is 1. The molecule has 42 heavy (non-hydrogen) atoms. The number of carbonyl (C=O) groups excluding carboxylic acids is 1. The van der Waals surface area contributed by atoms with Crippen LogP contribution in [0, 0.1) is 0 Å². The normalized spacial score (nSPS) is 18.9. The second-order valence-corrected chi connectivity index (χ2v) is 12.2. The molecule has 222 valence electrons. The van der Waals surface area contributed by atoms with Gasteiger partial charge >= 0.3 is 6.09 Å². The molecule has 1 amide bonds. The number of fused-ring (bicyclic) bond motifs is 4. The van der Waals surface area contributed by atoms with Crippen molar-refractivity contribution in [3.8, 4) is 22.9 Å². The number of benzene rings is 1. The lowest BCUT2D eigenvalue weighted by atomic mass is 10.1. The Morgan fingerprint density at radius 3 is 2.64 bits per heavy atom. The van der Waals surface area contributed by atoms with Crippen molar-refractivity contribution in [2.75, 3.05) is 26.7 Å². The summed E-state index contributed by atoms with van der Waals surface area (Å²) in [6, 6.07) is 6.19. The Bertz CT molecular complexity index is 1650. The fourth-order valence-corrected chi connectivity index (χ4v) is 5.38. The molecule has 2 aliphatic rings. The van der Waals surface area contributed by atoms with E-state index in [2.05, 4.69) is 46.3 Å². The number of ether oxygens (including phenoxy) is 3. The zero-order valence-corrected chi connectivity index (χ0v) is 25.2. The summed E-state index contributed by atoms with van der Waals surface area (Å²) >= 11 is 0. The Morgan fingerprint density at radius 1 is 1.10 bits per heavy atom. The van der Waals surface area contributed by atoms with Gasteiger partial charge in [0.15, 0.2) is 0 Å². The number of likely N-dealkylation sites (N-methyl/N-ethyl adjacent to an activating group) is 1. The van der Waals surface area contributed by atoms with Crippen LogP contribution in [0.5, 0.6) is 11.8 Å². The van der Waals surface area contributed by atoms with E-state index in [9.17, 15) is 4.79 Å². The minimum Gasteiger partial charge on any atom is -0.473 e. The molecular formula is C30H38N8O4. The molecule has 12 nitrogen and oxygen atoms in total. The molecule has 1 N–H and O–H groups in total. The van der Waals surface area contributed by atoms with E-state index in [-0.39, 0.29) is 18.3 Å². The molecule has 1 fully saturated rings. The van der Waals surface area contributed by atoms with Gasteiger partial charge in [0.1, 0.15) is 17.8 Å². The molecule has 3 aromatic heterocycles. The standard InChI is InChI=1S/C30H38N8O4/c1-18-14-35(5)17-26-21(27(34-36(26)6)41-20-15-38(16-20)29(39)42-30(2,3)4)9-11-25-22-12-19(8-10-24(22)32-33-25)23-13-31-37(7)28(23)40-18/h8-13,18,20H,14-17H2,1-7H3,(H,32,33)/b11-9+/t18-/m0/s1. The quantitative estimate of drug-likeness (QED) is 0.381. The first-order valence-electron chi connectivity index (χ1n) is 14.2. The van der Waals surface area contributed by atoms with E-state index >= 15 is 0 Å². The monoisotopic (exact) mass is 574 g/mol. The van der Waals surface area contributed by atoms with Gasteiger partial charge in [-0.3, -0.25) is 14.7 Å². The van der Waals surface area contributed by atoms with Crippen LogP contribution in [0.1, 0.15) is 44.6 Å². The summed E-state index contributed by atoms with van der Waals surface area (Å²) in [6.07, 6.45) is 5.26. The number of amides is 1. The number of H-pyrrole nitrogens is 1. The highest BCUT2D eigenvalue weighted by Gasteiger charge is 2.36. The number of aromatic amines is 1.